The van der Waals surface area contributed by atoms with Crippen LogP contribution in [0.1, 0.15) is 16.8 Å². The maximum atomic E-state index is 14.5. The molecule has 8 nitrogen and oxygen atoms in total. The molecule has 0 spiro atoms. The van der Waals surface area contributed by atoms with Gasteiger partial charge in [-0.25, -0.2) is 9.07 Å². The molecular weight excluding hydrogens is 425 g/mol. The van der Waals surface area contributed by atoms with E-state index in [1.807, 2.05) is 24.5 Å². The number of benzene rings is 1. The standard InChI is InChI=1S/C24H28FN5O3/c25-20-5-1-2-6-21(20)30-24(29-8-3-4-9-29)19(15-27-30)23(31)26-16-22(18-7-12-33-17-18)28-10-13-32-14-11-28/h1-6,8-9,15,18,22H,7,10-14,16-17H2,(H,26,31). The van der Waals surface area contributed by atoms with Gasteiger partial charge in [-0.1, -0.05) is 12.1 Å². The zero-order valence-electron chi connectivity index (χ0n) is 18.4. The van der Waals surface area contributed by atoms with Gasteiger partial charge in [-0.15, -0.1) is 0 Å². The second-order valence-electron chi connectivity index (χ2n) is 8.38. The van der Waals surface area contributed by atoms with Crippen LogP contribution in [0.15, 0.2) is 55.0 Å². The molecule has 2 unspecified atom stereocenters. The van der Waals surface area contributed by atoms with Crippen LogP contribution in [0, 0.1) is 11.7 Å². The van der Waals surface area contributed by atoms with Crippen LogP contribution < -0.4 is 5.32 Å². The van der Waals surface area contributed by atoms with Crippen LogP contribution in [-0.4, -0.2) is 77.3 Å². The Balaban J connectivity index is 1.40. The van der Waals surface area contributed by atoms with Crippen LogP contribution in [0.5, 0.6) is 0 Å². The number of rotatable bonds is 7. The van der Waals surface area contributed by atoms with Gasteiger partial charge in [0.2, 0.25) is 0 Å². The van der Waals surface area contributed by atoms with Crippen molar-refractivity contribution >= 4 is 5.91 Å². The van der Waals surface area contributed by atoms with Crippen LogP contribution >= 0.6 is 0 Å². The molecule has 1 amide bonds. The Labute approximate surface area is 191 Å². The fourth-order valence-electron chi connectivity index (χ4n) is 4.68. The first-order valence-electron chi connectivity index (χ1n) is 11.4. The quantitative estimate of drug-likeness (QED) is 0.594. The summed E-state index contributed by atoms with van der Waals surface area (Å²) >= 11 is 0. The molecule has 1 aromatic carbocycles. The fraction of sp³-hybridized carbons (Fsp3) is 0.417. The second-order valence-corrected chi connectivity index (χ2v) is 8.38. The summed E-state index contributed by atoms with van der Waals surface area (Å²) in [5.74, 6) is 0.219. The number of nitrogens with zero attached hydrogens (tertiary/aromatic N) is 4. The number of aromatic nitrogens is 3. The van der Waals surface area contributed by atoms with Crippen molar-refractivity contribution in [3.8, 4) is 11.5 Å². The van der Waals surface area contributed by atoms with Crippen LogP contribution in [0.4, 0.5) is 4.39 Å². The molecule has 2 fully saturated rings. The van der Waals surface area contributed by atoms with Crippen LogP contribution in [-0.2, 0) is 9.47 Å². The minimum absolute atomic E-state index is 0.178. The third kappa shape index (κ3) is 4.57. The minimum atomic E-state index is -0.408. The van der Waals surface area contributed by atoms with Crippen LogP contribution in [0.25, 0.3) is 11.5 Å². The van der Waals surface area contributed by atoms with Gasteiger partial charge in [-0.05, 0) is 30.7 Å². The molecule has 1 N–H and O–H groups in total. The van der Waals surface area contributed by atoms with E-state index in [9.17, 15) is 9.18 Å². The molecular formula is C24H28FN5O3. The number of carbonyl (C=O) groups excluding carboxylic acids is 1. The Hall–Kier alpha value is -3.01. The van der Waals surface area contributed by atoms with Crippen LogP contribution in [0.2, 0.25) is 0 Å². The van der Waals surface area contributed by atoms with E-state index < -0.39 is 5.82 Å². The first-order chi connectivity index (χ1) is 16.2. The van der Waals surface area contributed by atoms with Gasteiger partial charge in [-0.3, -0.25) is 9.69 Å². The Kier molecular flexibility index (Phi) is 6.52. The van der Waals surface area contributed by atoms with Gasteiger partial charge in [0.25, 0.3) is 5.91 Å². The molecule has 0 radical (unpaired) electrons. The maximum absolute atomic E-state index is 14.5. The predicted molar refractivity (Wildman–Crippen MR) is 120 cm³/mol. The third-order valence-corrected chi connectivity index (χ3v) is 6.41. The van der Waals surface area contributed by atoms with Gasteiger partial charge in [0.15, 0.2) is 5.82 Å². The van der Waals surface area contributed by atoms with Crippen molar-refractivity contribution in [1.82, 2.24) is 24.6 Å². The molecule has 5 rings (SSSR count). The van der Waals surface area contributed by atoms with E-state index >= 15 is 0 Å². The normalized spacial score (nSPS) is 20.1. The van der Waals surface area contributed by atoms with Crippen molar-refractivity contribution in [2.75, 3.05) is 46.1 Å². The summed E-state index contributed by atoms with van der Waals surface area (Å²) in [7, 11) is 0. The lowest BCUT2D eigenvalue weighted by molar-refractivity contribution is 0.00166. The van der Waals surface area contributed by atoms with E-state index in [1.165, 1.54) is 16.9 Å². The van der Waals surface area contributed by atoms with Crippen molar-refractivity contribution in [1.29, 1.82) is 0 Å². The molecule has 4 heterocycles. The molecule has 0 aliphatic carbocycles. The summed E-state index contributed by atoms with van der Waals surface area (Å²) < 4.78 is 28.9. The summed E-state index contributed by atoms with van der Waals surface area (Å²) in [6.07, 6.45) is 6.12. The van der Waals surface area contributed by atoms with E-state index in [-0.39, 0.29) is 17.6 Å². The van der Waals surface area contributed by atoms with Crippen molar-refractivity contribution in [3.05, 3.63) is 66.4 Å². The lowest BCUT2D eigenvalue weighted by atomic mass is 9.96. The van der Waals surface area contributed by atoms with Gasteiger partial charge in [-0.2, -0.15) is 5.10 Å². The molecule has 2 atom stereocenters. The zero-order valence-corrected chi connectivity index (χ0v) is 18.4. The monoisotopic (exact) mass is 453 g/mol. The summed E-state index contributed by atoms with van der Waals surface area (Å²) in [4.78, 5) is 15.7. The fourth-order valence-corrected chi connectivity index (χ4v) is 4.68. The highest BCUT2D eigenvalue weighted by molar-refractivity contribution is 5.97. The highest BCUT2D eigenvalue weighted by atomic mass is 19.1. The molecule has 9 heteroatoms. The SMILES string of the molecule is O=C(NCC(C1CCOC1)N1CCOCC1)c1cnn(-c2ccccc2F)c1-n1cccc1. The number of hydrogen-bond acceptors (Lipinski definition) is 5. The molecule has 2 saturated heterocycles. The average molecular weight is 454 g/mol. The molecule has 0 bridgehead atoms. The van der Waals surface area contributed by atoms with Gasteiger partial charge in [0, 0.05) is 50.6 Å². The van der Waals surface area contributed by atoms with Crippen molar-refractivity contribution in [2.45, 2.75) is 12.5 Å². The van der Waals surface area contributed by atoms with Crippen LogP contribution in [0.3, 0.4) is 0 Å². The van der Waals surface area contributed by atoms with Crippen molar-refractivity contribution < 1.29 is 18.7 Å². The Bertz CT molecular complexity index is 1070. The number of morpholine rings is 1. The Morgan fingerprint density at radius 1 is 1.12 bits per heavy atom. The third-order valence-electron chi connectivity index (χ3n) is 6.41. The first-order valence-corrected chi connectivity index (χ1v) is 11.4. The molecule has 2 aliphatic rings. The summed E-state index contributed by atoms with van der Waals surface area (Å²) in [5.41, 5.74) is 0.674. The van der Waals surface area contributed by atoms with E-state index in [0.29, 0.717) is 43.7 Å². The summed E-state index contributed by atoms with van der Waals surface area (Å²) in [6, 6.07) is 10.3. The number of halogens is 1. The topological polar surface area (TPSA) is 73.6 Å². The lowest BCUT2D eigenvalue weighted by Gasteiger charge is -2.37. The Morgan fingerprint density at radius 3 is 2.64 bits per heavy atom. The molecule has 0 saturated carbocycles. The maximum Gasteiger partial charge on any atom is 0.256 e. The van der Waals surface area contributed by atoms with Gasteiger partial charge >= 0.3 is 0 Å². The first kappa shape index (κ1) is 21.8. The van der Waals surface area contributed by atoms with Gasteiger partial charge < -0.3 is 19.4 Å². The molecule has 3 aromatic rings. The number of carbonyl (C=O) groups is 1. The van der Waals surface area contributed by atoms with E-state index in [0.717, 1.165) is 26.1 Å². The highest BCUT2D eigenvalue weighted by Crippen LogP contribution is 2.24. The average Bonchev–Trinajstić information content (AvgIpc) is 3.61. The summed E-state index contributed by atoms with van der Waals surface area (Å²) in [6.45, 7) is 5.05. The number of nitrogens with one attached hydrogen (secondary N) is 1. The number of para-hydroxylation sites is 1. The molecule has 2 aromatic heterocycles. The lowest BCUT2D eigenvalue weighted by Crippen LogP contribution is -2.52. The minimum Gasteiger partial charge on any atom is -0.381 e. The van der Waals surface area contributed by atoms with E-state index in [4.69, 9.17) is 9.47 Å². The molecule has 174 valence electrons. The second kappa shape index (κ2) is 9.86. The molecule has 2 aliphatic heterocycles. The van der Waals surface area contributed by atoms with Crippen molar-refractivity contribution in [2.24, 2.45) is 5.92 Å². The largest absolute Gasteiger partial charge is 0.381 e. The Morgan fingerprint density at radius 2 is 1.91 bits per heavy atom. The van der Waals surface area contributed by atoms with Gasteiger partial charge in [0.05, 0.1) is 26.0 Å². The predicted octanol–water partition coefficient (Wildman–Crippen LogP) is 2.27. The van der Waals surface area contributed by atoms with Gasteiger partial charge in [0.1, 0.15) is 17.1 Å². The van der Waals surface area contributed by atoms with Crippen molar-refractivity contribution in [3.63, 3.8) is 0 Å². The molecule has 33 heavy (non-hydrogen) atoms. The van der Waals surface area contributed by atoms with E-state index in [1.54, 1.807) is 22.8 Å². The zero-order chi connectivity index (χ0) is 22.6. The highest BCUT2D eigenvalue weighted by Gasteiger charge is 2.32. The number of ether oxygens (including phenoxy) is 2. The summed E-state index contributed by atoms with van der Waals surface area (Å²) in [5, 5.41) is 7.48. The smallest absolute Gasteiger partial charge is 0.256 e. The van der Waals surface area contributed by atoms with E-state index in [2.05, 4.69) is 15.3 Å². The number of hydrogen-bond donors (Lipinski definition) is 1. The number of amides is 1.